The highest BCUT2D eigenvalue weighted by Gasteiger charge is 2.42. The molecule has 1 aromatic rings. The van der Waals surface area contributed by atoms with Crippen LogP contribution in [0.5, 0.6) is 0 Å². The van der Waals surface area contributed by atoms with Crippen LogP contribution in [0.2, 0.25) is 0 Å². The Morgan fingerprint density at radius 3 is 2.62 bits per heavy atom. The lowest BCUT2D eigenvalue weighted by atomic mass is 9.85. The van der Waals surface area contributed by atoms with Gasteiger partial charge in [0.1, 0.15) is 5.82 Å². The molecule has 1 amide bonds. The van der Waals surface area contributed by atoms with Crippen LogP contribution < -0.4 is 10.2 Å². The van der Waals surface area contributed by atoms with Gasteiger partial charge in [-0.1, -0.05) is 12.5 Å². The Labute approximate surface area is 151 Å². The Morgan fingerprint density at radius 1 is 1.19 bits per heavy atom. The molecule has 144 valence electrons. The van der Waals surface area contributed by atoms with Gasteiger partial charge in [-0.2, -0.15) is 13.2 Å². The molecule has 0 spiro atoms. The molecule has 1 N–H and O–H groups in total. The van der Waals surface area contributed by atoms with E-state index in [9.17, 15) is 18.0 Å². The summed E-state index contributed by atoms with van der Waals surface area (Å²) in [5.74, 6) is -0.537. The third kappa shape index (κ3) is 5.09. The maximum atomic E-state index is 12.9. The Kier molecular flexibility index (Phi) is 6.01. The van der Waals surface area contributed by atoms with Gasteiger partial charge in [0, 0.05) is 38.4 Å². The van der Waals surface area contributed by atoms with Gasteiger partial charge in [0.25, 0.3) is 0 Å². The van der Waals surface area contributed by atoms with E-state index in [-0.39, 0.29) is 31.3 Å². The first-order valence-corrected chi connectivity index (χ1v) is 9.16. The van der Waals surface area contributed by atoms with Crippen molar-refractivity contribution in [1.82, 2.24) is 15.2 Å². The van der Waals surface area contributed by atoms with Crippen LogP contribution in [-0.4, -0.2) is 60.7 Å². The van der Waals surface area contributed by atoms with E-state index in [1.54, 1.807) is 6.20 Å². The highest BCUT2D eigenvalue weighted by atomic mass is 19.4. The van der Waals surface area contributed by atoms with Crippen LogP contribution in [0, 0.1) is 5.92 Å². The molecule has 26 heavy (non-hydrogen) atoms. The van der Waals surface area contributed by atoms with E-state index >= 15 is 0 Å². The average molecular weight is 370 g/mol. The fourth-order valence-electron chi connectivity index (χ4n) is 3.77. The zero-order valence-electron chi connectivity index (χ0n) is 14.7. The van der Waals surface area contributed by atoms with Crippen molar-refractivity contribution in [3.8, 4) is 0 Å². The lowest BCUT2D eigenvalue weighted by Crippen LogP contribution is -2.51. The second kappa shape index (κ2) is 8.24. The number of pyridine rings is 1. The lowest BCUT2D eigenvalue weighted by molar-refractivity contribution is -0.184. The fourth-order valence-corrected chi connectivity index (χ4v) is 3.77. The number of carbonyl (C=O) groups excluding carboxylic acids is 1. The molecule has 1 aromatic heterocycles. The summed E-state index contributed by atoms with van der Waals surface area (Å²) in [4.78, 5) is 20.8. The minimum atomic E-state index is -4.16. The first-order valence-electron chi connectivity index (χ1n) is 9.16. The summed E-state index contributed by atoms with van der Waals surface area (Å²) in [5.41, 5.74) is 0. The van der Waals surface area contributed by atoms with E-state index in [1.807, 2.05) is 23.1 Å². The molecule has 0 unspecified atom stereocenters. The number of piperazine rings is 1. The van der Waals surface area contributed by atoms with Crippen molar-refractivity contribution >= 4 is 11.7 Å². The zero-order valence-corrected chi connectivity index (χ0v) is 14.7. The summed E-state index contributed by atoms with van der Waals surface area (Å²) in [5, 5.41) is 2.80. The lowest BCUT2D eigenvalue weighted by Gasteiger charge is -2.35. The van der Waals surface area contributed by atoms with Crippen molar-refractivity contribution in [2.45, 2.75) is 37.9 Å². The molecule has 1 saturated carbocycles. The normalized spacial score (nSPS) is 25.1. The van der Waals surface area contributed by atoms with Gasteiger partial charge in [-0.3, -0.25) is 9.69 Å². The number of halogens is 3. The summed E-state index contributed by atoms with van der Waals surface area (Å²) in [6.45, 7) is 3.27. The van der Waals surface area contributed by atoms with Crippen LogP contribution in [0.25, 0.3) is 0 Å². The van der Waals surface area contributed by atoms with Gasteiger partial charge in [-0.15, -0.1) is 0 Å². The Balaban J connectivity index is 1.42. The average Bonchev–Trinajstić information content (AvgIpc) is 2.62. The van der Waals surface area contributed by atoms with Crippen LogP contribution in [0.15, 0.2) is 24.4 Å². The van der Waals surface area contributed by atoms with Gasteiger partial charge in [0.15, 0.2) is 0 Å². The minimum Gasteiger partial charge on any atom is -0.354 e. The first kappa shape index (κ1) is 18.9. The molecule has 1 aliphatic carbocycles. The Bertz CT molecular complexity index is 588. The zero-order chi connectivity index (χ0) is 18.6. The molecule has 5 nitrogen and oxygen atoms in total. The number of hydrogen-bond acceptors (Lipinski definition) is 4. The number of alkyl halides is 3. The van der Waals surface area contributed by atoms with E-state index in [2.05, 4.69) is 15.2 Å². The summed E-state index contributed by atoms with van der Waals surface area (Å²) < 4.78 is 38.6. The monoisotopic (exact) mass is 370 g/mol. The van der Waals surface area contributed by atoms with Crippen molar-refractivity contribution in [2.24, 2.45) is 5.92 Å². The van der Waals surface area contributed by atoms with Gasteiger partial charge in [0.05, 0.1) is 12.5 Å². The molecule has 2 fully saturated rings. The quantitative estimate of drug-likeness (QED) is 0.885. The number of hydrogen-bond donors (Lipinski definition) is 1. The van der Waals surface area contributed by atoms with Crippen molar-refractivity contribution < 1.29 is 18.0 Å². The highest BCUT2D eigenvalue weighted by Crippen LogP contribution is 2.37. The maximum absolute atomic E-state index is 12.9. The molecule has 0 bridgehead atoms. The Morgan fingerprint density at radius 2 is 1.96 bits per heavy atom. The summed E-state index contributed by atoms with van der Waals surface area (Å²) in [6.07, 6.45) is -1.09. The van der Waals surface area contributed by atoms with Crippen LogP contribution in [0.4, 0.5) is 19.0 Å². The third-order valence-electron chi connectivity index (χ3n) is 5.22. The van der Waals surface area contributed by atoms with Crippen LogP contribution in [0.1, 0.15) is 25.7 Å². The van der Waals surface area contributed by atoms with Crippen LogP contribution in [-0.2, 0) is 4.79 Å². The fraction of sp³-hybridized carbons (Fsp3) is 0.667. The van der Waals surface area contributed by atoms with Gasteiger partial charge in [0.2, 0.25) is 5.91 Å². The molecule has 2 heterocycles. The third-order valence-corrected chi connectivity index (χ3v) is 5.22. The molecular weight excluding hydrogens is 345 g/mol. The van der Waals surface area contributed by atoms with Gasteiger partial charge in [-0.05, 0) is 31.4 Å². The SMILES string of the molecule is O=C(CN1CCN(c2ccccn2)CC1)N[C@H]1CCC[C@H](C(F)(F)F)C1. The van der Waals surface area contributed by atoms with Crippen LogP contribution >= 0.6 is 0 Å². The maximum Gasteiger partial charge on any atom is 0.391 e. The number of aromatic nitrogens is 1. The second-order valence-electron chi connectivity index (χ2n) is 7.12. The van der Waals surface area contributed by atoms with E-state index in [0.717, 1.165) is 32.0 Å². The molecular formula is C18H25F3N4O. The van der Waals surface area contributed by atoms with E-state index in [0.29, 0.717) is 12.8 Å². The molecule has 0 aromatic carbocycles. The number of rotatable bonds is 4. The van der Waals surface area contributed by atoms with Gasteiger partial charge >= 0.3 is 6.18 Å². The van der Waals surface area contributed by atoms with Crippen molar-refractivity contribution in [3.63, 3.8) is 0 Å². The molecule has 0 radical (unpaired) electrons. The summed E-state index contributed by atoms with van der Waals surface area (Å²) in [7, 11) is 0. The topological polar surface area (TPSA) is 48.5 Å². The number of nitrogens with zero attached hydrogens (tertiary/aromatic N) is 3. The second-order valence-corrected chi connectivity index (χ2v) is 7.12. The van der Waals surface area contributed by atoms with E-state index in [4.69, 9.17) is 0 Å². The molecule has 1 saturated heterocycles. The van der Waals surface area contributed by atoms with Crippen molar-refractivity contribution in [2.75, 3.05) is 37.6 Å². The number of amides is 1. The first-order chi connectivity index (χ1) is 12.4. The van der Waals surface area contributed by atoms with Crippen molar-refractivity contribution in [1.29, 1.82) is 0 Å². The largest absolute Gasteiger partial charge is 0.391 e. The number of nitrogens with one attached hydrogen (secondary N) is 1. The number of anilines is 1. The summed E-state index contributed by atoms with van der Waals surface area (Å²) >= 11 is 0. The van der Waals surface area contributed by atoms with Gasteiger partial charge in [-0.25, -0.2) is 4.98 Å². The summed E-state index contributed by atoms with van der Waals surface area (Å²) in [6, 6.07) is 5.42. The number of carbonyl (C=O) groups is 1. The predicted molar refractivity (Wildman–Crippen MR) is 92.8 cm³/mol. The predicted octanol–water partition coefficient (Wildman–Crippen LogP) is 2.44. The highest BCUT2D eigenvalue weighted by molar-refractivity contribution is 5.78. The standard InChI is InChI=1S/C18H25F3N4O/c19-18(20,21)14-4-3-5-15(12-14)23-17(26)13-24-8-10-25(11-9-24)16-6-1-2-7-22-16/h1-2,6-7,14-15H,3-5,8-13H2,(H,23,26)/t14-,15-/m0/s1. The molecule has 2 atom stereocenters. The van der Waals surface area contributed by atoms with Crippen molar-refractivity contribution in [3.05, 3.63) is 24.4 Å². The van der Waals surface area contributed by atoms with Crippen LogP contribution in [0.3, 0.4) is 0 Å². The van der Waals surface area contributed by atoms with E-state index in [1.165, 1.54) is 0 Å². The molecule has 3 rings (SSSR count). The van der Waals surface area contributed by atoms with Gasteiger partial charge < -0.3 is 10.2 Å². The minimum absolute atomic E-state index is 0.00267. The Hall–Kier alpha value is -1.83. The molecule has 8 heteroatoms. The smallest absolute Gasteiger partial charge is 0.354 e. The molecule has 2 aliphatic rings. The van der Waals surface area contributed by atoms with E-state index < -0.39 is 12.1 Å². The molecule has 1 aliphatic heterocycles.